The van der Waals surface area contributed by atoms with E-state index >= 15 is 0 Å². The van der Waals surface area contributed by atoms with Gasteiger partial charge in [0.1, 0.15) is 0 Å². The van der Waals surface area contributed by atoms with Crippen molar-refractivity contribution in [3.05, 3.63) is 29.3 Å². The zero-order valence-electron chi connectivity index (χ0n) is 17.0. The summed E-state index contributed by atoms with van der Waals surface area (Å²) in [5.41, 5.74) is 3.21. The molecule has 0 saturated carbocycles. The van der Waals surface area contributed by atoms with Gasteiger partial charge in [-0.1, -0.05) is 40.4 Å². The number of aromatic nitrogens is 1. The van der Waals surface area contributed by atoms with Crippen molar-refractivity contribution in [1.29, 1.82) is 5.26 Å². The molecule has 0 aliphatic heterocycles. The molecule has 2 aromatic rings. The van der Waals surface area contributed by atoms with E-state index in [1.807, 2.05) is 18.2 Å². The number of fused-ring (bicyclic) bond motifs is 1. The second-order valence-electron chi connectivity index (χ2n) is 9.46. The Morgan fingerprint density at radius 1 is 1.12 bits per heavy atom. The Balaban J connectivity index is 2.37. The number of rotatable bonds is 5. The van der Waals surface area contributed by atoms with Gasteiger partial charge in [0, 0.05) is 22.8 Å². The lowest BCUT2D eigenvalue weighted by Gasteiger charge is -2.36. The van der Waals surface area contributed by atoms with Crippen LogP contribution in [0.2, 0.25) is 37.8 Å². The lowest BCUT2D eigenvalue weighted by molar-refractivity contribution is 0.292. The maximum Gasteiger partial charge on any atom is 0.191 e. The maximum absolute atomic E-state index is 9.26. The summed E-state index contributed by atoms with van der Waals surface area (Å²) in [6.45, 7) is 19.3. The summed E-state index contributed by atoms with van der Waals surface area (Å²) in [6, 6.07) is 8.22. The zero-order chi connectivity index (χ0) is 19.0. The predicted octanol–water partition coefficient (Wildman–Crippen LogP) is 5.15. The molecule has 1 aromatic heterocycles. The number of aromatic amines is 1. The van der Waals surface area contributed by atoms with E-state index in [9.17, 15) is 5.26 Å². The highest BCUT2D eigenvalue weighted by Crippen LogP contribution is 2.36. The van der Waals surface area contributed by atoms with Gasteiger partial charge in [-0.25, -0.2) is 0 Å². The van der Waals surface area contributed by atoms with Gasteiger partial charge in [-0.05, 0) is 48.3 Å². The Kier molecular flexibility index (Phi) is 5.39. The van der Waals surface area contributed by atoms with E-state index in [1.54, 1.807) is 0 Å². The van der Waals surface area contributed by atoms with Crippen LogP contribution >= 0.6 is 0 Å². The van der Waals surface area contributed by atoms with Gasteiger partial charge in [0.05, 0.1) is 19.7 Å². The van der Waals surface area contributed by atoms with Crippen LogP contribution in [-0.2, 0) is 10.8 Å². The van der Waals surface area contributed by atoms with E-state index in [-0.39, 0.29) is 5.04 Å². The number of H-pyrrole nitrogens is 1. The molecule has 2 rings (SSSR count). The molecule has 0 radical (unpaired) electrons. The van der Waals surface area contributed by atoms with E-state index in [0.29, 0.717) is 0 Å². The molecule has 0 unspecified atom stereocenters. The van der Waals surface area contributed by atoms with Crippen LogP contribution in [0.1, 0.15) is 31.9 Å². The third-order valence-corrected chi connectivity index (χ3v) is 11.9. The van der Waals surface area contributed by atoms with Gasteiger partial charge in [-0.3, -0.25) is 0 Å². The Morgan fingerprint density at radius 2 is 1.76 bits per heavy atom. The van der Waals surface area contributed by atoms with Crippen molar-refractivity contribution in [2.75, 3.05) is 6.61 Å². The first kappa shape index (κ1) is 20.0. The highest BCUT2D eigenvalue weighted by atomic mass is 28.4. The zero-order valence-corrected chi connectivity index (χ0v) is 19.0. The number of nitrogens with one attached hydrogen (secondary N) is 1. The first-order valence-corrected chi connectivity index (χ1v) is 15.5. The molecule has 1 heterocycles. The van der Waals surface area contributed by atoms with Crippen molar-refractivity contribution >= 4 is 32.6 Å². The summed E-state index contributed by atoms with van der Waals surface area (Å²) in [7, 11) is -3.24. The van der Waals surface area contributed by atoms with Crippen molar-refractivity contribution in [2.24, 2.45) is 0 Å². The normalized spacial score (nSPS) is 13.2. The molecule has 5 heteroatoms. The third-order valence-electron chi connectivity index (χ3n) is 5.41. The molecule has 0 amide bonds. The lowest BCUT2D eigenvalue weighted by atomic mass is 10.1. The average Bonchev–Trinajstić information content (AvgIpc) is 2.84. The van der Waals surface area contributed by atoms with E-state index in [2.05, 4.69) is 64.6 Å². The molecule has 3 nitrogen and oxygen atoms in total. The van der Waals surface area contributed by atoms with Crippen molar-refractivity contribution in [3.63, 3.8) is 0 Å². The minimum atomic E-state index is -1.74. The summed E-state index contributed by atoms with van der Waals surface area (Å²) >= 11 is 0. The SMILES string of the molecule is CC(C)(C)[Si](C)(C)OCCc1c([Si](C)(C)C)[nH]c2ccc(C#N)cc12. The standard InChI is InChI=1S/C20H32N2OSi2/c1-20(2,3)25(7,8)23-12-11-16-17-13-15(14-21)9-10-18(17)22-19(16)24(4,5)6/h9-10,13,22H,11-12H2,1-8H3. The second-order valence-corrected chi connectivity index (χ2v) is 19.3. The van der Waals surface area contributed by atoms with Crippen LogP contribution in [0.25, 0.3) is 10.9 Å². The molecular weight excluding hydrogens is 340 g/mol. The second kappa shape index (κ2) is 6.75. The largest absolute Gasteiger partial charge is 0.416 e. The van der Waals surface area contributed by atoms with Gasteiger partial charge in [-0.2, -0.15) is 5.26 Å². The molecular formula is C20H32N2OSi2. The van der Waals surface area contributed by atoms with Crippen molar-refractivity contribution < 1.29 is 4.43 Å². The highest BCUT2D eigenvalue weighted by molar-refractivity contribution is 6.88. The monoisotopic (exact) mass is 372 g/mol. The van der Waals surface area contributed by atoms with Gasteiger partial charge < -0.3 is 9.41 Å². The first-order chi connectivity index (χ1) is 11.4. The molecule has 136 valence electrons. The first-order valence-electron chi connectivity index (χ1n) is 9.06. The average molecular weight is 373 g/mol. The fourth-order valence-electron chi connectivity index (χ4n) is 2.84. The quantitative estimate of drug-likeness (QED) is 0.738. The Morgan fingerprint density at radius 3 is 2.28 bits per heavy atom. The minimum absolute atomic E-state index is 0.225. The van der Waals surface area contributed by atoms with Gasteiger partial charge in [0.25, 0.3) is 0 Å². The molecule has 0 saturated heterocycles. The summed E-state index contributed by atoms with van der Waals surface area (Å²) < 4.78 is 6.42. The summed E-state index contributed by atoms with van der Waals surface area (Å²) in [5.74, 6) is 0. The minimum Gasteiger partial charge on any atom is -0.416 e. The molecule has 1 N–H and O–H groups in total. The predicted molar refractivity (Wildman–Crippen MR) is 113 cm³/mol. The number of hydrogen-bond donors (Lipinski definition) is 1. The van der Waals surface area contributed by atoms with Crippen LogP contribution in [0.5, 0.6) is 0 Å². The third kappa shape index (κ3) is 4.25. The van der Waals surface area contributed by atoms with Crippen LogP contribution in [0.15, 0.2) is 18.2 Å². The van der Waals surface area contributed by atoms with Gasteiger partial charge in [-0.15, -0.1) is 0 Å². The molecule has 1 aromatic carbocycles. The van der Waals surface area contributed by atoms with Gasteiger partial charge in [0.15, 0.2) is 8.32 Å². The van der Waals surface area contributed by atoms with E-state index in [0.717, 1.165) is 24.1 Å². The van der Waals surface area contributed by atoms with Crippen LogP contribution in [0, 0.1) is 11.3 Å². The van der Waals surface area contributed by atoms with Crippen LogP contribution in [-0.4, -0.2) is 28.0 Å². The number of hydrogen-bond acceptors (Lipinski definition) is 2. The molecule has 0 atom stereocenters. The van der Waals surface area contributed by atoms with Crippen LogP contribution in [0.4, 0.5) is 0 Å². The van der Waals surface area contributed by atoms with Crippen LogP contribution < -0.4 is 5.32 Å². The Labute approximate surface area is 154 Å². The van der Waals surface area contributed by atoms with Crippen LogP contribution in [0.3, 0.4) is 0 Å². The van der Waals surface area contributed by atoms with Gasteiger partial charge >= 0.3 is 0 Å². The number of nitrogens with zero attached hydrogens (tertiary/aromatic N) is 1. The topological polar surface area (TPSA) is 48.8 Å². The Bertz CT molecular complexity index is 802. The summed E-state index contributed by atoms with van der Waals surface area (Å²) in [4.78, 5) is 3.64. The summed E-state index contributed by atoms with van der Waals surface area (Å²) in [6.07, 6.45) is 0.904. The number of benzene rings is 1. The fourth-order valence-corrected chi connectivity index (χ4v) is 5.56. The van der Waals surface area contributed by atoms with Crippen molar-refractivity contribution in [3.8, 4) is 6.07 Å². The van der Waals surface area contributed by atoms with E-state index in [4.69, 9.17) is 4.43 Å². The molecule has 0 aliphatic rings. The Hall–Kier alpha value is -1.36. The molecule has 25 heavy (non-hydrogen) atoms. The highest BCUT2D eigenvalue weighted by Gasteiger charge is 2.37. The van der Waals surface area contributed by atoms with Crippen molar-refractivity contribution in [1.82, 2.24) is 4.98 Å². The smallest absolute Gasteiger partial charge is 0.191 e. The number of nitriles is 1. The summed E-state index contributed by atoms with van der Waals surface area (Å²) in [5, 5.41) is 12.1. The maximum atomic E-state index is 9.26. The molecule has 0 aliphatic carbocycles. The van der Waals surface area contributed by atoms with Crippen molar-refractivity contribution in [2.45, 2.75) is 65.0 Å². The molecule has 0 fully saturated rings. The van der Waals surface area contributed by atoms with E-state index in [1.165, 1.54) is 16.3 Å². The molecule has 0 bridgehead atoms. The van der Waals surface area contributed by atoms with Gasteiger partial charge in [0.2, 0.25) is 0 Å². The lowest BCUT2D eigenvalue weighted by Crippen LogP contribution is -2.43. The fraction of sp³-hybridized carbons (Fsp3) is 0.550. The van der Waals surface area contributed by atoms with E-state index < -0.39 is 16.4 Å². The molecule has 0 spiro atoms.